The number of amides is 2. The largest absolute Gasteiger partial charge is 0.381 e. The molecule has 3 heterocycles. The third-order valence-corrected chi connectivity index (χ3v) is 5.79. The Balaban J connectivity index is 1.57. The molecule has 0 saturated carbocycles. The summed E-state index contributed by atoms with van der Waals surface area (Å²) in [6.07, 6.45) is 6.61. The van der Waals surface area contributed by atoms with E-state index in [0.29, 0.717) is 32.6 Å². The van der Waals surface area contributed by atoms with Gasteiger partial charge >= 0.3 is 0 Å². The van der Waals surface area contributed by atoms with E-state index in [2.05, 4.69) is 4.98 Å². The summed E-state index contributed by atoms with van der Waals surface area (Å²) in [7, 11) is 0. The number of hydrogen-bond acceptors (Lipinski definition) is 4. The smallest absolute Gasteiger partial charge is 0.224 e. The molecule has 6 heteroatoms. The molecule has 0 bridgehead atoms. The first-order chi connectivity index (χ1) is 13.1. The van der Waals surface area contributed by atoms with Crippen molar-refractivity contribution >= 4 is 11.8 Å². The van der Waals surface area contributed by atoms with Crippen molar-refractivity contribution in [2.24, 2.45) is 5.41 Å². The Morgan fingerprint density at radius 3 is 2.96 bits per heavy atom. The van der Waals surface area contributed by atoms with Gasteiger partial charge in [-0.15, -0.1) is 0 Å². The Bertz CT molecular complexity index is 637. The van der Waals surface area contributed by atoms with Crippen LogP contribution in [-0.2, 0) is 20.7 Å². The monoisotopic (exact) mass is 373 g/mol. The van der Waals surface area contributed by atoms with E-state index in [-0.39, 0.29) is 17.2 Å². The molecular formula is C21H31N3O3. The van der Waals surface area contributed by atoms with Crippen LogP contribution in [0.1, 0.15) is 44.7 Å². The number of hydrogen-bond donors (Lipinski definition) is 0. The second kappa shape index (κ2) is 9.31. The fourth-order valence-electron chi connectivity index (χ4n) is 4.32. The number of carbonyl (C=O) groups is 2. The highest BCUT2D eigenvalue weighted by Gasteiger charge is 2.42. The van der Waals surface area contributed by atoms with Crippen LogP contribution in [0.5, 0.6) is 0 Å². The molecule has 2 fully saturated rings. The molecule has 3 rings (SSSR count). The van der Waals surface area contributed by atoms with Gasteiger partial charge in [0.25, 0.3) is 0 Å². The first-order valence-electron chi connectivity index (χ1n) is 10.2. The lowest BCUT2D eigenvalue weighted by molar-refractivity contribution is -0.143. The summed E-state index contributed by atoms with van der Waals surface area (Å²) >= 11 is 0. The highest BCUT2D eigenvalue weighted by molar-refractivity contribution is 5.78. The van der Waals surface area contributed by atoms with Gasteiger partial charge in [-0.1, -0.05) is 6.07 Å². The average Bonchev–Trinajstić information content (AvgIpc) is 2.70. The van der Waals surface area contributed by atoms with Gasteiger partial charge in [-0.3, -0.25) is 14.6 Å². The molecule has 0 aromatic carbocycles. The van der Waals surface area contributed by atoms with Crippen LogP contribution >= 0.6 is 0 Å². The Labute approximate surface area is 161 Å². The van der Waals surface area contributed by atoms with Crippen molar-refractivity contribution in [3.8, 4) is 0 Å². The zero-order valence-corrected chi connectivity index (χ0v) is 16.4. The van der Waals surface area contributed by atoms with Gasteiger partial charge in [0.2, 0.25) is 11.8 Å². The predicted octanol–water partition coefficient (Wildman–Crippen LogP) is 2.28. The third kappa shape index (κ3) is 5.28. The van der Waals surface area contributed by atoms with E-state index >= 15 is 0 Å². The van der Waals surface area contributed by atoms with E-state index in [0.717, 1.165) is 51.0 Å². The molecule has 2 saturated heterocycles. The van der Waals surface area contributed by atoms with E-state index < -0.39 is 0 Å². The highest BCUT2D eigenvalue weighted by atomic mass is 16.5. The Kier molecular flexibility index (Phi) is 6.83. The van der Waals surface area contributed by atoms with Gasteiger partial charge in [0.05, 0.1) is 13.0 Å². The van der Waals surface area contributed by atoms with Gasteiger partial charge in [-0.2, -0.15) is 0 Å². The molecule has 1 spiro atoms. The lowest BCUT2D eigenvalue weighted by Crippen LogP contribution is -2.55. The second-order valence-electron chi connectivity index (χ2n) is 7.75. The Morgan fingerprint density at radius 2 is 2.19 bits per heavy atom. The van der Waals surface area contributed by atoms with Crippen LogP contribution < -0.4 is 0 Å². The van der Waals surface area contributed by atoms with Crippen molar-refractivity contribution in [1.82, 2.24) is 14.8 Å². The maximum atomic E-state index is 12.5. The van der Waals surface area contributed by atoms with Crippen LogP contribution in [0.25, 0.3) is 0 Å². The highest BCUT2D eigenvalue weighted by Crippen LogP contribution is 2.39. The van der Waals surface area contributed by atoms with E-state index in [1.165, 1.54) is 0 Å². The van der Waals surface area contributed by atoms with E-state index in [1.807, 2.05) is 34.9 Å². The molecule has 0 N–H and O–H groups in total. The first-order valence-corrected chi connectivity index (χ1v) is 10.2. The maximum absolute atomic E-state index is 12.5. The number of piperidine rings is 2. The molecule has 27 heavy (non-hydrogen) atoms. The van der Waals surface area contributed by atoms with Gasteiger partial charge in [0, 0.05) is 62.9 Å². The van der Waals surface area contributed by atoms with Crippen LogP contribution in [0.4, 0.5) is 0 Å². The van der Waals surface area contributed by atoms with Crippen LogP contribution in [0.3, 0.4) is 0 Å². The summed E-state index contributed by atoms with van der Waals surface area (Å²) in [5.74, 6) is 0.413. The quantitative estimate of drug-likeness (QED) is 0.688. The van der Waals surface area contributed by atoms with Crippen LogP contribution in [0.2, 0.25) is 0 Å². The minimum absolute atomic E-state index is 0.0531. The van der Waals surface area contributed by atoms with Crippen molar-refractivity contribution in [3.63, 3.8) is 0 Å². The van der Waals surface area contributed by atoms with Gasteiger partial charge < -0.3 is 14.5 Å². The topological polar surface area (TPSA) is 62.7 Å². The summed E-state index contributed by atoms with van der Waals surface area (Å²) in [4.78, 5) is 33.3. The van der Waals surface area contributed by atoms with E-state index in [4.69, 9.17) is 4.74 Å². The van der Waals surface area contributed by atoms with Crippen molar-refractivity contribution in [1.29, 1.82) is 0 Å². The second-order valence-corrected chi connectivity index (χ2v) is 7.75. The summed E-state index contributed by atoms with van der Waals surface area (Å²) in [6.45, 7) is 6.14. The summed E-state index contributed by atoms with van der Waals surface area (Å²) in [5.41, 5.74) is 1.07. The van der Waals surface area contributed by atoms with Crippen molar-refractivity contribution in [2.45, 2.75) is 45.4 Å². The van der Waals surface area contributed by atoms with Gasteiger partial charge in [-0.05, 0) is 38.3 Å². The fraction of sp³-hybridized carbons (Fsp3) is 0.667. The SMILES string of the molecule is CCOCCC(=O)N1CCC[C@@]2(CCC(=O)N(CCc3ccccn3)C2)C1. The molecule has 6 nitrogen and oxygen atoms in total. The zero-order valence-electron chi connectivity index (χ0n) is 16.4. The number of rotatable bonds is 7. The molecule has 1 atom stereocenters. The van der Waals surface area contributed by atoms with E-state index in [1.54, 1.807) is 6.20 Å². The number of nitrogens with zero attached hydrogens (tertiary/aromatic N) is 3. The molecule has 0 aliphatic carbocycles. The van der Waals surface area contributed by atoms with Crippen molar-refractivity contribution in [3.05, 3.63) is 30.1 Å². The van der Waals surface area contributed by atoms with Gasteiger partial charge in [0.15, 0.2) is 0 Å². The maximum Gasteiger partial charge on any atom is 0.224 e. The number of aromatic nitrogens is 1. The standard InChI is InChI=1S/C21H31N3O3/c1-2-27-15-9-20(26)23-13-5-10-21(16-23)11-7-19(25)24(17-21)14-8-18-6-3-4-12-22-18/h3-4,6,12H,2,5,7-11,13-17H2,1H3/t21-/m1/s1. The number of carbonyl (C=O) groups excluding carboxylic acids is 2. The molecule has 0 unspecified atom stereocenters. The minimum atomic E-state index is 0.0531. The normalized spacial score (nSPS) is 23.1. The van der Waals surface area contributed by atoms with Crippen LogP contribution in [-0.4, -0.2) is 66.0 Å². The lowest BCUT2D eigenvalue weighted by Gasteiger charge is -2.48. The molecule has 2 aliphatic rings. The van der Waals surface area contributed by atoms with Gasteiger partial charge in [-0.25, -0.2) is 0 Å². The lowest BCUT2D eigenvalue weighted by atomic mass is 9.73. The first kappa shape index (κ1) is 19.8. The molecule has 2 aliphatic heterocycles. The van der Waals surface area contributed by atoms with Crippen LogP contribution in [0.15, 0.2) is 24.4 Å². The average molecular weight is 373 g/mol. The number of ether oxygens (including phenoxy) is 1. The molecule has 1 aromatic rings. The summed E-state index contributed by atoms with van der Waals surface area (Å²) in [5, 5.41) is 0. The van der Waals surface area contributed by atoms with Crippen molar-refractivity contribution < 1.29 is 14.3 Å². The summed E-state index contributed by atoms with van der Waals surface area (Å²) in [6, 6.07) is 5.89. The molecule has 0 radical (unpaired) electrons. The molecule has 1 aromatic heterocycles. The van der Waals surface area contributed by atoms with Crippen molar-refractivity contribution in [2.75, 3.05) is 39.4 Å². The zero-order chi connectivity index (χ0) is 19.1. The Hall–Kier alpha value is -1.95. The molecule has 148 valence electrons. The number of likely N-dealkylation sites (tertiary alicyclic amines) is 2. The third-order valence-electron chi connectivity index (χ3n) is 5.79. The van der Waals surface area contributed by atoms with Crippen LogP contribution in [0, 0.1) is 5.41 Å². The molecule has 2 amide bonds. The Morgan fingerprint density at radius 1 is 1.30 bits per heavy atom. The summed E-state index contributed by atoms with van der Waals surface area (Å²) < 4.78 is 5.33. The van der Waals surface area contributed by atoms with Gasteiger partial charge in [0.1, 0.15) is 0 Å². The molecular weight excluding hydrogens is 342 g/mol. The predicted molar refractivity (Wildman–Crippen MR) is 103 cm³/mol. The minimum Gasteiger partial charge on any atom is -0.381 e. The fourth-order valence-corrected chi connectivity index (χ4v) is 4.32. The van der Waals surface area contributed by atoms with E-state index in [9.17, 15) is 9.59 Å². The number of pyridine rings is 1.